The van der Waals surface area contributed by atoms with Crippen molar-refractivity contribution in [2.24, 2.45) is 7.05 Å². The van der Waals surface area contributed by atoms with E-state index in [1.54, 1.807) is 36.1 Å². The lowest BCUT2D eigenvalue weighted by molar-refractivity contribution is 0.627. The highest BCUT2D eigenvalue weighted by atomic mass is 32.2. The topological polar surface area (TPSA) is 34.9 Å². The molecule has 0 saturated heterocycles. The van der Waals surface area contributed by atoms with Crippen molar-refractivity contribution in [2.75, 3.05) is 0 Å². The predicted octanol–water partition coefficient (Wildman–Crippen LogP) is 1.87. The van der Waals surface area contributed by atoms with Gasteiger partial charge >= 0.3 is 0 Å². The number of benzene rings is 1. The van der Waals surface area contributed by atoms with Gasteiger partial charge in [0.1, 0.15) is 5.82 Å². The molecule has 0 aliphatic carbocycles. The Kier molecular flexibility index (Phi) is 3.14. The molecule has 0 N–H and O–H groups in total. The first-order chi connectivity index (χ1) is 7.66. The minimum absolute atomic E-state index is 0.286. The highest BCUT2D eigenvalue weighted by molar-refractivity contribution is 7.84. The molecule has 0 amide bonds. The maximum absolute atomic E-state index is 12.7. The zero-order chi connectivity index (χ0) is 11.5. The molecule has 0 radical (unpaired) electrons. The maximum atomic E-state index is 12.7. The second-order valence-corrected chi connectivity index (χ2v) is 4.78. The van der Waals surface area contributed by atoms with Gasteiger partial charge < -0.3 is 4.57 Å². The molecule has 0 fully saturated rings. The van der Waals surface area contributed by atoms with Gasteiger partial charge in [-0.1, -0.05) is 12.1 Å². The van der Waals surface area contributed by atoms with Gasteiger partial charge in [-0.05, 0) is 17.7 Å². The molecule has 1 heterocycles. The van der Waals surface area contributed by atoms with E-state index in [1.165, 1.54) is 12.1 Å². The number of aryl methyl sites for hydroxylation is 1. The van der Waals surface area contributed by atoms with Gasteiger partial charge in [0.25, 0.3) is 0 Å². The molecule has 3 nitrogen and oxygen atoms in total. The highest BCUT2D eigenvalue weighted by Crippen LogP contribution is 2.10. The van der Waals surface area contributed by atoms with Crippen LogP contribution in [0, 0.1) is 5.82 Å². The molecule has 1 aromatic heterocycles. The van der Waals surface area contributed by atoms with E-state index < -0.39 is 10.8 Å². The minimum Gasteiger partial charge on any atom is -0.327 e. The molecule has 84 valence electrons. The Labute approximate surface area is 95.4 Å². The lowest BCUT2D eigenvalue weighted by Gasteiger charge is -2.02. The van der Waals surface area contributed by atoms with E-state index in [4.69, 9.17) is 0 Å². The number of hydrogen-bond donors (Lipinski definition) is 0. The van der Waals surface area contributed by atoms with Crippen LogP contribution in [0.15, 0.2) is 41.8 Å². The number of halogens is 1. The summed E-state index contributed by atoms with van der Waals surface area (Å²) in [5.74, 6) is 0.0667. The van der Waals surface area contributed by atoms with E-state index in [2.05, 4.69) is 4.98 Å². The first-order valence-electron chi connectivity index (χ1n) is 4.77. The van der Waals surface area contributed by atoms with E-state index in [0.717, 1.165) is 5.56 Å². The van der Waals surface area contributed by atoms with E-state index in [-0.39, 0.29) is 5.82 Å². The summed E-state index contributed by atoms with van der Waals surface area (Å²) in [5, 5.41) is 0.532. The molecule has 16 heavy (non-hydrogen) atoms. The first-order valence-corrected chi connectivity index (χ1v) is 6.09. The van der Waals surface area contributed by atoms with Crippen molar-refractivity contribution in [3.63, 3.8) is 0 Å². The summed E-state index contributed by atoms with van der Waals surface area (Å²) in [6, 6.07) is 6.00. The largest absolute Gasteiger partial charge is 0.327 e. The molecule has 5 heteroatoms. The molecule has 2 aromatic rings. The van der Waals surface area contributed by atoms with Crippen molar-refractivity contribution in [2.45, 2.75) is 10.9 Å². The lowest BCUT2D eigenvalue weighted by Crippen LogP contribution is -2.03. The molecule has 1 atom stereocenters. The van der Waals surface area contributed by atoms with Gasteiger partial charge in [0.15, 0.2) is 5.16 Å². The summed E-state index contributed by atoms with van der Waals surface area (Å²) in [6.07, 6.45) is 3.36. The Balaban J connectivity index is 2.14. The zero-order valence-corrected chi connectivity index (χ0v) is 9.58. The van der Waals surface area contributed by atoms with Gasteiger partial charge in [-0.15, -0.1) is 0 Å². The average molecular weight is 238 g/mol. The van der Waals surface area contributed by atoms with Crippen LogP contribution in [0.5, 0.6) is 0 Å². The maximum Gasteiger partial charge on any atom is 0.199 e. The van der Waals surface area contributed by atoms with Gasteiger partial charge in [-0.25, -0.2) is 9.37 Å². The molecular weight excluding hydrogens is 227 g/mol. The fourth-order valence-corrected chi connectivity index (χ4v) is 2.55. The van der Waals surface area contributed by atoms with E-state index >= 15 is 0 Å². The molecule has 0 aliphatic heterocycles. The highest BCUT2D eigenvalue weighted by Gasteiger charge is 2.09. The second-order valence-electron chi connectivity index (χ2n) is 3.44. The van der Waals surface area contributed by atoms with Crippen LogP contribution in [0.3, 0.4) is 0 Å². The fraction of sp³-hybridized carbons (Fsp3) is 0.182. The van der Waals surface area contributed by atoms with Crippen LogP contribution in [0.2, 0.25) is 0 Å². The lowest BCUT2D eigenvalue weighted by atomic mass is 10.2. The van der Waals surface area contributed by atoms with Crippen molar-refractivity contribution in [1.29, 1.82) is 0 Å². The Morgan fingerprint density at radius 1 is 1.38 bits per heavy atom. The number of hydrogen-bond acceptors (Lipinski definition) is 2. The summed E-state index contributed by atoms with van der Waals surface area (Å²) in [6.45, 7) is 0. The van der Waals surface area contributed by atoms with Crippen LogP contribution >= 0.6 is 0 Å². The Morgan fingerprint density at radius 3 is 2.62 bits per heavy atom. The number of rotatable bonds is 3. The van der Waals surface area contributed by atoms with Crippen LogP contribution in [0.1, 0.15) is 5.56 Å². The molecule has 2 rings (SSSR count). The number of imidazole rings is 1. The van der Waals surface area contributed by atoms with Crippen LogP contribution in [-0.2, 0) is 23.6 Å². The van der Waals surface area contributed by atoms with E-state index in [1.807, 2.05) is 0 Å². The van der Waals surface area contributed by atoms with Gasteiger partial charge in [-0.2, -0.15) is 0 Å². The molecular formula is C11H11FN2OS. The van der Waals surface area contributed by atoms with Crippen LogP contribution in [0.25, 0.3) is 0 Å². The molecule has 0 spiro atoms. The summed E-state index contributed by atoms with van der Waals surface area (Å²) in [4.78, 5) is 4.02. The van der Waals surface area contributed by atoms with Gasteiger partial charge in [0, 0.05) is 19.4 Å². The summed E-state index contributed by atoms with van der Waals surface area (Å²) >= 11 is 0. The predicted molar refractivity (Wildman–Crippen MR) is 59.7 cm³/mol. The number of aromatic nitrogens is 2. The first kappa shape index (κ1) is 11.0. The van der Waals surface area contributed by atoms with Crippen LogP contribution in [-0.4, -0.2) is 13.8 Å². The van der Waals surface area contributed by atoms with Crippen molar-refractivity contribution >= 4 is 10.8 Å². The van der Waals surface area contributed by atoms with E-state index in [9.17, 15) is 8.60 Å². The molecule has 0 aliphatic rings. The molecule has 0 bridgehead atoms. The van der Waals surface area contributed by atoms with E-state index in [0.29, 0.717) is 10.9 Å². The Hall–Kier alpha value is -1.49. The number of nitrogens with zero attached hydrogens (tertiary/aromatic N) is 2. The smallest absolute Gasteiger partial charge is 0.199 e. The van der Waals surface area contributed by atoms with Gasteiger partial charge in [0.05, 0.1) is 16.6 Å². The van der Waals surface area contributed by atoms with Crippen molar-refractivity contribution in [3.05, 3.63) is 48.0 Å². The van der Waals surface area contributed by atoms with Gasteiger partial charge in [-0.3, -0.25) is 4.21 Å². The quantitative estimate of drug-likeness (QED) is 0.818. The zero-order valence-electron chi connectivity index (χ0n) is 8.76. The normalized spacial score (nSPS) is 12.6. The Morgan fingerprint density at radius 2 is 2.06 bits per heavy atom. The van der Waals surface area contributed by atoms with Crippen molar-refractivity contribution in [1.82, 2.24) is 9.55 Å². The summed E-state index contributed by atoms with van der Waals surface area (Å²) < 4.78 is 26.3. The average Bonchev–Trinajstić information content (AvgIpc) is 2.68. The summed E-state index contributed by atoms with van der Waals surface area (Å²) in [7, 11) is 0.604. The Bertz CT molecular complexity index is 507. The molecule has 0 saturated carbocycles. The second kappa shape index (κ2) is 4.57. The third-order valence-corrected chi connectivity index (χ3v) is 3.59. The fourth-order valence-electron chi connectivity index (χ4n) is 1.37. The standard InChI is InChI=1S/C11H11FN2OS/c1-14-7-6-13-11(14)16(15)8-9-2-4-10(12)5-3-9/h2-7H,8H2,1H3. The third kappa shape index (κ3) is 2.36. The van der Waals surface area contributed by atoms with Crippen molar-refractivity contribution < 1.29 is 8.60 Å². The minimum atomic E-state index is -1.19. The monoisotopic (exact) mass is 238 g/mol. The van der Waals surface area contributed by atoms with Crippen LogP contribution < -0.4 is 0 Å². The van der Waals surface area contributed by atoms with Crippen molar-refractivity contribution in [3.8, 4) is 0 Å². The summed E-state index contributed by atoms with van der Waals surface area (Å²) in [5.41, 5.74) is 0.836. The van der Waals surface area contributed by atoms with Crippen LogP contribution in [0.4, 0.5) is 4.39 Å². The SMILES string of the molecule is Cn1ccnc1S(=O)Cc1ccc(F)cc1. The van der Waals surface area contributed by atoms with Gasteiger partial charge in [0.2, 0.25) is 0 Å². The third-order valence-electron chi connectivity index (χ3n) is 2.19. The molecule has 1 unspecified atom stereocenters. The molecule has 1 aromatic carbocycles.